The fraction of sp³-hybridized carbons (Fsp3) is 0.600. The zero-order valence-corrected chi connectivity index (χ0v) is 7.23. The zero-order chi connectivity index (χ0) is 8.55. The predicted molar refractivity (Wildman–Crippen MR) is 45.9 cm³/mol. The van der Waals surface area contributed by atoms with E-state index in [4.69, 9.17) is 4.42 Å². The van der Waals surface area contributed by atoms with E-state index in [0.717, 1.165) is 12.8 Å². The maximum atomic E-state index is 9.54. The van der Waals surface area contributed by atoms with Crippen LogP contribution < -0.4 is 0 Å². The summed E-state index contributed by atoms with van der Waals surface area (Å²) in [4.78, 5) is 0. The molecular weight excluding hydrogens is 152 g/mol. The highest BCUT2D eigenvalue weighted by atomic mass is 16.3. The maximum absolute atomic E-state index is 9.54. The first-order valence-corrected chi connectivity index (χ1v) is 4.49. The van der Waals surface area contributed by atoms with Gasteiger partial charge >= 0.3 is 0 Å². The molecular formula is C10H14O2. The molecule has 0 amide bonds. The first kappa shape index (κ1) is 7.87. The van der Waals surface area contributed by atoms with E-state index < -0.39 is 0 Å². The molecule has 1 fully saturated rings. The predicted octanol–water partition coefficient (Wildman–Crippen LogP) is 2.15. The summed E-state index contributed by atoms with van der Waals surface area (Å²) in [6, 6.07) is 2.00. The third kappa shape index (κ3) is 1.16. The van der Waals surface area contributed by atoms with Crippen molar-refractivity contribution >= 4 is 0 Å². The number of hydrogen-bond acceptors (Lipinski definition) is 2. The SMILES string of the molecule is CC1C(O)CCC1c1ccoc1. The van der Waals surface area contributed by atoms with Crippen LogP contribution in [-0.2, 0) is 0 Å². The highest BCUT2D eigenvalue weighted by molar-refractivity contribution is 5.16. The van der Waals surface area contributed by atoms with Gasteiger partial charge < -0.3 is 9.52 Å². The van der Waals surface area contributed by atoms with Gasteiger partial charge in [0.25, 0.3) is 0 Å². The van der Waals surface area contributed by atoms with E-state index in [0.29, 0.717) is 11.8 Å². The molecule has 1 aromatic heterocycles. The van der Waals surface area contributed by atoms with Crippen molar-refractivity contribution in [2.75, 3.05) is 0 Å². The van der Waals surface area contributed by atoms with Crippen LogP contribution in [0.5, 0.6) is 0 Å². The van der Waals surface area contributed by atoms with E-state index in [1.54, 1.807) is 12.5 Å². The molecule has 66 valence electrons. The normalized spacial score (nSPS) is 35.7. The minimum absolute atomic E-state index is 0.120. The molecule has 1 aliphatic rings. The first-order chi connectivity index (χ1) is 5.79. The smallest absolute Gasteiger partial charge is 0.0937 e. The molecule has 2 rings (SSSR count). The number of furan rings is 1. The van der Waals surface area contributed by atoms with Crippen molar-refractivity contribution in [1.82, 2.24) is 0 Å². The van der Waals surface area contributed by atoms with Crippen LogP contribution in [0.1, 0.15) is 31.2 Å². The summed E-state index contributed by atoms with van der Waals surface area (Å²) >= 11 is 0. The summed E-state index contributed by atoms with van der Waals surface area (Å²) < 4.78 is 5.03. The summed E-state index contributed by atoms with van der Waals surface area (Å²) in [5, 5.41) is 9.54. The van der Waals surface area contributed by atoms with Crippen molar-refractivity contribution in [2.45, 2.75) is 31.8 Å². The van der Waals surface area contributed by atoms with Gasteiger partial charge in [-0.15, -0.1) is 0 Å². The maximum Gasteiger partial charge on any atom is 0.0937 e. The standard InChI is InChI=1S/C10H14O2/c1-7-9(2-3-10(7)11)8-4-5-12-6-8/h4-7,9-11H,2-3H2,1H3. The Balaban J connectivity index is 2.16. The average molecular weight is 166 g/mol. The van der Waals surface area contributed by atoms with Crippen molar-refractivity contribution < 1.29 is 9.52 Å². The molecule has 1 saturated carbocycles. The van der Waals surface area contributed by atoms with Crippen LogP contribution in [-0.4, -0.2) is 11.2 Å². The third-order valence-electron chi connectivity index (χ3n) is 2.99. The molecule has 3 unspecified atom stereocenters. The van der Waals surface area contributed by atoms with E-state index in [9.17, 15) is 5.11 Å². The van der Waals surface area contributed by atoms with Gasteiger partial charge in [-0.25, -0.2) is 0 Å². The Kier molecular flexibility index (Phi) is 1.93. The molecule has 1 N–H and O–H groups in total. The number of aliphatic hydroxyl groups excluding tert-OH is 1. The highest BCUT2D eigenvalue weighted by Gasteiger charge is 2.32. The monoisotopic (exact) mass is 166 g/mol. The van der Waals surface area contributed by atoms with Crippen LogP contribution in [0.3, 0.4) is 0 Å². The highest BCUT2D eigenvalue weighted by Crippen LogP contribution is 2.39. The lowest BCUT2D eigenvalue weighted by Crippen LogP contribution is -2.13. The van der Waals surface area contributed by atoms with Gasteiger partial charge in [0.2, 0.25) is 0 Å². The van der Waals surface area contributed by atoms with Gasteiger partial charge in [0.05, 0.1) is 18.6 Å². The molecule has 0 aliphatic heterocycles. The van der Waals surface area contributed by atoms with Crippen LogP contribution in [0.4, 0.5) is 0 Å². The van der Waals surface area contributed by atoms with Crippen molar-refractivity contribution in [3.05, 3.63) is 24.2 Å². The Morgan fingerprint density at radius 1 is 1.50 bits per heavy atom. The largest absolute Gasteiger partial charge is 0.472 e. The van der Waals surface area contributed by atoms with Crippen molar-refractivity contribution in [2.24, 2.45) is 5.92 Å². The summed E-state index contributed by atoms with van der Waals surface area (Å²) in [7, 11) is 0. The van der Waals surface area contributed by atoms with Crippen LogP contribution in [0.15, 0.2) is 23.0 Å². The van der Waals surface area contributed by atoms with Gasteiger partial charge in [-0.2, -0.15) is 0 Å². The molecule has 0 radical (unpaired) electrons. The van der Waals surface area contributed by atoms with E-state index in [-0.39, 0.29) is 6.10 Å². The lowest BCUT2D eigenvalue weighted by molar-refractivity contribution is 0.136. The second kappa shape index (κ2) is 2.94. The number of rotatable bonds is 1. The lowest BCUT2D eigenvalue weighted by atomic mass is 9.91. The minimum Gasteiger partial charge on any atom is -0.472 e. The quantitative estimate of drug-likeness (QED) is 0.693. The van der Waals surface area contributed by atoms with Crippen molar-refractivity contribution in [3.63, 3.8) is 0 Å². The summed E-state index contributed by atoms with van der Waals surface area (Å²) in [6.07, 6.45) is 5.38. The molecule has 2 heteroatoms. The van der Waals surface area contributed by atoms with Gasteiger partial charge in [0.15, 0.2) is 0 Å². The first-order valence-electron chi connectivity index (χ1n) is 4.49. The van der Waals surface area contributed by atoms with E-state index in [1.807, 2.05) is 6.07 Å². The van der Waals surface area contributed by atoms with E-state index in [2.05, 4.69) is 6.92 Å². The summed E-state index contributed by atoms with van der Waals surface area (Å²) in [5.74, 6) is 0.876. The van der Waals surface area contributed by atoms with Crippen molar-refractivity contribution in [1.29, 1.82) is 0 Å². The Morgan fingerprint density at radius 2 is 2.33 bits per heavy atom. The number of hydrogen-bond donors (Lipinski definition) is 1. The van der Waals surface area contributed by atoms with E-state index >= 15 is 0 Å². The Labute approximate surface area is 72.2 Å². The molecule has 1 aromatic rings. The van der Waals surface area contributed by atoms with Crippen molar-refractivity contribution in [3.8, 4) is 0 Å². The van der Waals surface area contributed by atoms with Crippen LogP contribution in [0.25, 0.3) is 0 Å². The van der Waals surface area contributed by atoms with Gasteiger partial charge in [0.1, 0.15) is 0 Å². The Bertz CT molecular complexity index is 240. The van der Waals surface area contributed by atoms with Gasteiger partial charge in [-0.1, -0.05) is 6.92 Å². The molecule has 0 bridgehead atoms. The van der Waals surface area contributed by atoms with Crippen LogP contribution >= 0.6 is 0 Å². The third-order valence-corrected chi connectivity index (χ3v) is 2.99. The summed E-state index contributed by atoms with van der Waals surface area (Å²) in [6.45, 7) is 2.11. The van der Waals surface area contributed by atoms with Gasteiger partial charge in [0, 0.05) is 0 Å². The van der Waals surface area contributed by atoms with Crippen LogP contribution in [0, 0.1) is 5.92 Å². The second-order valence-corrected chi connectivity index (χ2v) is 3.67. The molecule has 0 saturated heterocycles. The molecule has 1 heterocycles. The molecule has 3 atom stereocenters. The molecule has 2 nitrogen and oxygen atoms in total. The minimum atomic E-state index is -0.120. The lowest BCUT2D eigenvalue weighted by Gasteiger charge is -2.15. The second-order valence-electron chi connectivity index (χ2n) is 3.67. The molecule has 0 spiro atoms. The topological polar surface area (TPSA) is 33.4 Å². The van der Waals surface area contributed by atoms with Gasteiger partial charge in [-0.3, -0.25) is 0 Å². The Morgan fingerprint density at radius 3 is 2.83 bits per heavy atom. The Hall–Kier alpha value is -0.760. The molecule has 1 aliphatic carbocycles. The zero-order valence-electron chi connectivity index (χ0n) is 7.23. The molecule has 12 heavy (non-hydrogen) atoms. The fourth-order valence-corrected chi connectivity index (χ4v) is 2.10. The van der Waals surface area contributed by atoms with E-state index in [1.165, 1.54) is 5.56 Å². The number of aliphatic hydroxyl groups is 1. The van der Waals surface area contributed by atoms with Gasteiger partial charge in [-0.05, 0) is 36.3 Å². The average Bonchev–Trinajstić information content (AvgIpc) is 2.64. The summed E-state index contributed by atoms with van der Waals surface area (Å²) in [5.41, 5.74) is 1.24. The molecule has 0 aromatic carbocycles. The fourth-order valence-electron chi connectivity index (χ4n) is 2.10. The van der Waals surface area contributed by atoms with Crippen LogP contribution in [0.2, 0.25) is 0 Å².